The maximum atomic E-state index is 11.3. The van der Waals surface area contributed by atoms with Gasteiger partial charge in [0.25, 0.3) is 0 Å². The molecule has 0 aliphatic heterocycles. The zero-order valence-corrected chi connectivity index (χ0v) is 14.9. The molecule has 0 aliphatic carbocycles. The van der Waals surface area contributed by atoms with Crippen LogP contribution in [0.4, 0.5) is 0 Å². The van der Waals surface area contributed by atoms with E-state index in [2.05, 4.69) is 14.9 Å². The van der Waals surface area contributed by atoms with Crippen LogP contribution in [0, 0.1) is 0 Å². The van der Waals surface area contributed by atoms with E-state index in [1.54, 1.807) is 18.2 Å². The highest BCUT2D eigenvalue weighted by atomic mass is 16.4. The Bertz CT molecular complexity index is 1260. The molecule has 138 valence electrons. The number of amidine groups is 1. The van der Waals surface area contributed by atoms with E-state index in [9.17, 15) is 9.90 Å². The Morgan fingerprint density at radius 1 is 0.964 bits per heavy atom. The number of hydrogen-bond donors (Lipinski definition) is 3. The lowest BCUT2D eigenvalue weighted by Gasteiger charge is -2.08. The van der Waals surface area contributed by atoms with Gasteiger partial charge in [0.2, 0.25) is 0 Å². The first-order chi connectivity index (χ1) is 13.6. The number of nitrogens with two attached hydrogens (primary N) is 2. The maximum Gasteiger partial charge on any atom is 0.350 e. The monoisotopic (exact) mass is 372 g/mol. The minimum absolute atomic E-state index is 0.246. The lowest BCUT2D eigenvalue weighted by molar-refractivity contribution is -0.114. The summed E-state index contributed by atoms with van der Waals surface area (Å²) >= 11 is 0. The molecule has 0 saturated carbocycles. The van der Waals surface area contributed by atoms with Crippen LogP contribution in [-0.4, -0.2) is 21.5 Å². The smallest absolute Gasteiger partial charge is 0.350 e. The second-order valence-corrected chi connectivity index (χ2v) is 6.44. The molecule has 1 aromatic heterocycles. The van der Waals surface area contributed by atoms with E-state index in [-0.39, 0.29) is 11.4 Å². The largest absolute Gasteiger partial charge is 0.478 e. The van der Waals surface area contributed by atoms with E-state index in [4.69, 9.17) is 11.3 Å². The van der Waals surface area contributed by atoms with Crippen LogP contribution < -0.4 is 11.3 Å². The Balaban J connectivity index is 1.89. The molecule has 28 heavy (non-hydrogen) atoms. The van der Waals surface area contributed by atoms with Crippen molar-refractivity contribution < 1.29 is 15.3 Å². The first-order valence-electron chi connectivity index (χ1n) is 8.65. The molecule has 7 nitrogen and oxygen atoms in total. The SMILES string of the molecule is NN=NC(=[NH2+])c1ccc2c(c1)c1ccccc1n2Cc1cccc(C(=O)O)c1. The Labute approximate surface area is 160 Å². The summed E-state index contributed by atoms with van der Waals surface area (Å²) in [6.07, 6.45) is 0. The van der Waals surface area contributed by atoms with Gasteiger partial charge in [0.05, 0.1) is 16.2 Å². The molecule has 7 heteroatoms. The van der Waals surface area contributed by atoms with Gasteiger partial charge in [-0.2, -0.15) is 0 Å². The van der Waals surface area contributed by atoms with Crippen LogP contribution in [0.2, 0.25) is 0 Å². The van der Waals surface area contributed by atoms with Crippen molar-refractivity contribution in [3.05, 3.63) is 83.4 Å². The van der Waals surface area contributed by atoms with E-state index < -0.39 is 5.97 Å². The number of hydrogen-bond acceptors (Lipinski definition) is 2. The number of aromatic carboxylic acids is 1. The van der Waals surface area contributed by atoms with Crippen LogP contribution in [0.25, 0.3) is 21.8 Å². The summed E-state index contributed by atoms with van der Waals surface area (Å²) in [5, 5.41) is 24.3. The Morgan fingerprint density at radius 2 is 1.75 bits per heavy atom. The molecule has 0 atom stereocenters. The van der Waals surface area contributed by atoms with Gasteiger partial charge in [0.1, 0.15) is 0 Å². The number of carboxylic acid groups (broad SMARTS) is 1. The van der Waals surface area contributed by atoms with E-state index in [0.717, 1.165) is 32.9 Å². The third kappa shape index (κ3) is 2.99. The standard InChI is InChI=1S/C21H17N5O2/c22-20(24-25-23)14-8-9-19-17(11-14)16-6-1-2-7-18(16)26(19)12-13-4-3-5-15(10-13)21(27)28/h1-11H,12H2,(H,27,28)(H3,22,23,24)/p+1. The van der Waals surface area contributed by atoms with Gasteiger partial charge in [-0.05, 0) is 42.0 Å². The van der Waals surface area contributed by atoms with Crippen molar-refractivity contribution >= 4 is 33.6 Å². The Kier molecular flexibility index (Phi) is 4.33. The molecule has 0 bridgehead atoms. The van der Waals surface area contributed by atoms with E-state index >= 15 is 0 Å². The van der Waals surface area contributed by atoms with Gasteiger partial charge in [0, 0.05) is 33.6 Å². The number of nitrogens with zero attached hydrogens (tertiary/aromatic N) is 3. The minimum Gasteiger partial charge on any atom is -0.478 e. The quantitative estimate of drug-likeness (QED) is 0.168. The van der Waals surface area contributed by atoms with Crippen LogP contribution in [0.5, 0.6) is 0 Å². The Hall–Kier alpha value is -4.00. The predicted octanol–water partition coefficient (Wildman–Crippen LogP) is 2.37. The molecule has 1 heterocycles. The fourth-order valence-electron chi connectivity index (χ4n) is 3.49. The number of carbonyl (C=O) groups is 1. The van der Waals surface area contributed by atoms with Crippen molar-refractivity contribution in [3.63, 3.8) is 0 Å². The number of fused-ring (bicyclic) bond motifs is 3. The van der Waals surface area contributed by atoms with Gasteiger partial charge in [-0.3, -0.25) is 11.3 Å². The zero-order valence-electron chi connectivity index (χ0n) is 14.9. The van der Waals surface area contributed by atoms with E-state index in [0.29, 0.717) is 6.54 Å². The zero-order chi connectivity index (χ0) is 19.7. The van der Waals surface area contributed by atoms with Crippen LogP contribution in [0.15, 0.2) is 77.1 Å². The molecule has 5 N–H and O–H groups in total. The summed E-state index contributed by atoms with van der Waals surface area (Å²) in [6.45, 7) is 0.548. The van der Waals surface area contributed by atoms with Gasteiger partial charge >= 0.3 is 11.8 Å². The fraction of sp³-hybridized carbons (Fsp3) is 0.0476. The topological polar surface area (TPSA) is 119 Å². The van der Waals surface area contributed by atoms with Crippen LogP contribution >= 0.6 is 0 Å². The lowest BCUT2D eigenvalue weighted by atomic mass is 10.1. The molecule has 0 radical (unpaired) electrons. The first kappa shape index (κ1) is 17.4. The first-order valence-corrected chi connectivity index (χ1v) is 8.65. The van der Waals surface area contributed by atoms with Crippen molar-refractivity contribution in [2.24, 2.45) is 16.2 Å². The molecule has 0 fully saturated rings. The third-order valence-electron chi connectivity index (χ3n) is 4.75. The van der Waals surface area contributed by atoms with Gasteiger partial charge < -0.3 is 9.67 Å². The highest BCUT2D eigenvalue weighted by Crippen LogP contribution is 2.30. The number of rotatable bonds is 4. The molecule has 4 aromatic rings. The normalized spacial score (nSPS) is 11.4. The van der Waals surface area contributed by atoms with Crippen LogP contribution in [0.1, 0.15) is 21.5 Å². The van der Waals surface area contributed by atoms with E-state index in [1.807, 2.05) is 48.5 Å². The second-order valence-electron chi connectivity index (χ2n) is 6.44. The highest BCUT2D eigenvalue weighted by molar-refractivity contribution is 6.10. The van der Waals surface area contributed by atoms with Gasteiger partial charge in [-0.15, -0.1) is 0 Å². The van der Waals surface area contributed by atoms with E-state index in [1.165, 1.54) is 0 Å². The van der Waals surface area contributed by atoms with Crippen molar-refractivity contribution in [2.75, 3.05) is 0 Å². The second kappa shape index (κ2) is 6.96. The van der Waals surface area contributed by atoms with Crippen molar-refractivity contribution in [1.29, 1.82) is 0 Å². The fourth-order valence-corrected chi connectivity index (χ4v) is 3.49. The number of carboxylic acids is 1. The van der Waals surface area contributed by atoms with Gasteiger partial charge in [-0.1, -0.05) is 30.3 Å². The van der Waals surface area contributed by atoms with Gasteiger partial charge in [-0.25, -0.2) is 4.79 Å². The van der Waals surface area contributed by atoms with Gasteiger partial charge in [0.15, 0.2) is 0 Å². The molecule has 0 aliphatic rings. The maximum absolute atomic E-state index is 11.3. The molecular formula is C21H18N5O2+. The summed E-state index contributed by atoms with van der Waals surface area (Å²) in [4.78, 5) is 11.3. The molecular weight excluding hydrogens is 354 g/mol. The van der Waals surface area contributed by atoms with Crippen molar-refractivity contribution in [2.45, 2.75) is 6.54 Å². The number of aromatic nitrogens is 1. The predicted molar refractivity (Wildman–Crippen MR) is 107 cm³/mol. The molecule has 0 unspecified atom stereocenters. The average molecular weight is 372 g/mol. The van der Waals surface area contributed by atoms with Crippen molar-refractivity contribution in [3.8, 4) is 0 Å². The summed E-state index contributed by atoms with van der Waals surface area (Å²) in [5.74, 6) is 4.41. The van der Waals surface area contributed by atoms with Crippen molar-refractivity contribution in [1.82, 2.24) is 4.57 Å². The molecule has 0 saturated heterocycles. The molecule has 3 aromatic carbocycles. The minimum atomic E-state index is -0.936. The average Bonchev–Trinajstić information content (AvgIpc) is 3.02. The highest BCUT2D eigenvalue weighted by Gasteiger charge is 2.15. The Morgan fingerprint density at radius 3 is 2.54 bits per heavy atom. The summed E-state index contributed by atoms with van der Waals surface area (Å²) in [6, 6.07) is 20.8. The number of benzene rings is 3. The summed E-state index contributed by atoms with van der Waals surface area (Å²) in [7, 11) is 0. The lowest BCUT2D eigenvalue weighted by Crippen LogP contribution is -2.38. The molecule has 4 rings (SSSR count). The number of para-hydroxylation sites is 1. The summed E-state index contributed by atoms with van der Waals surface area (Å²) < 4.78 is 2.16. The summed E-state index contributed by atoms with van der Waals surface area (Å²) in [5.41, 5.74) is 3.99. The molecule has 0 amide bonds. The molecule has 0 spiro atoms. The third-order valence-corrected chi connectivity index (χ3v) is 4.75. The van der Waals surface area contributed by atoms with Crippen LogP contribution in [0.3, 0.4) is 0 Å². The van der Waals surface area contributed by atoms with Crippen LogP contribution in [-0.2, 0) is 6.54 Å².